The van der Waals surface area contributed by atoms with Gasteiger partial charge >= 0.3 is 0 Å². The maximum Gasteiger partial charge on any atom is 0.275 e. The number of nitrogens with two attached hydrogens (primary N) is 1. The molecule has 0 spiro atoms. The van der Waals surface area contributed by atoms with Crippen molar-refractivity contribution < 1.29 is 4.79 Å². The predicted octanol–water partition coefficient (Wildman–Crippen LogP) is 1.62. The van der Waals surface area contributed by atoms with Crippen molar-refractivity contribution in [2.75, 3.05) is 11.1 Å². The molecule has 1 amide bonds. The van der Waals surface area contributed by atoms with Crippen molar-refractivity contribution in [3.63, 3.8) is 0 Å². The fraction of sp³-hybridized carbons (Fsp3) is 0.0833. The molecule has 17 heavy (non-hydrogen) atoms. The summed E-state index contributed by atoms with van der Waals surface area (Å²) < 4.78 is 0. The molecule has 2 aromatic rings. The van der Waals surface area contributed by atoms with Crippen molar-refractivity contribution in [3.05, 3.63) is 47.8 Å². The number of anilines is 2. The van der Waals surface area contributed by atoms with E-state index in [-0.39, 0.29) is 11.6 Å². The highest BCUT2D eigenvalue weighted by atomic mass is 16.1. The summed E-state index contributed by atoms with van der Waals surface area (Å²) in [6.45, 7) is 1.87. The molecule has 0 radical (unpaired) electrons. The number of nitrogens with one attached hydrogen (secondary N) is 1. The first-order valence-electron chi connectivity index (χ1n) is 5.12. The van der Waals surface area contributed by atoms with Crippen LogP contribution < -0.4 is 11.1 Å². The molecule has 0 aliphatic carbocycles. The Morgan fingerprint density at radius 3 is 2.82 bits per heavy atom. The number of hydrogen-bond acceptors (Lipinski definition) is 4. The van der Waals surface area contributed by atoms with Gasteiger partial charge in [-0.15, -0.1) is 0 Å². The summed E-state index contributed by atoms with van der Waals surface area (Å²) in [5.41, 5.74) is 6.68. The molecular weight excluding hydrogens is 216 g/mol. The molecule has 0 aliphatic heterocycles. The van der Waals surface area contributed by atoms with Crippen molar-refractivity contribution in [3.8, 4) is 0 Å². The Hall–Kier alpha value is -2.43. The average Bonchev–Trinajstić information content (AvgIpc) is 2.32. The number of pyridine rings is 2. The lowest BCUT2D eigenvalue weighted by molar-refractivity contribution is 0.102. The molecule has 2 heterocycles. The molecule has 0 aromatic carbocycles. The van der Waals surface area contributed by atoms with Gasteiger partial charge in [0, 0.05) is 6.20 Å². The van der Waals surface area contributed by atoms with E-state index in [0.29, 0.717) is 11.6 Å². The third-order valence-corrected chi connectivity index (χ3v) is 2.24. The molecule has 2 rings (SSSR count). The summed E-state index contributed by atoms with van der Waals surface area (Å²) in [7, 11) is 0. The van der Waals surface area contributed by atoms with Crippen LogP contribution in [0.5, 0.6) is 0 Å². The van der Waals surface area contributed by atoms with E-state index in [4.69, 9.17) is 5.73 Å². The van der Waals surface area contributed by atoms with Gasteiger partial charge in [-0.25, -0.2) is 9.97 Å². The van der Waals surface area contributed by atoms with Crippen LogP contribution >= 0.6 is 0 Å². The highest BCUT2D eigenvalue weighted by Crippen LogP contribution is 2.11. The molecule has 0 saturated heterocycles. The first kappa shape index (κ1) is 11.1. The summed E-state index contributed by atoms with van der Waals surface area (Å²) in [6, 6.07) is 8.59. The van der Waals surface area contributed by atoms with Crippen LogP contribution in [-0.2, 0) is 0 Å². The molecule has 0 saturated carbocycles. The summed E-state index contributed by atoms with van der Waals surface area (Å²) in [6.07, 6.45) is 1.62. The molecule has 5 heteroatoms. The van der Waals surface area contributed by atoms with Gasteiger partial charge in [-0.2, -0.15) is 0 Å². The Morgan fingerprint density at radius 2 is 2.12 bits per heavy atom. The molecular formula is C12H12N4O. The number of carbonyl (C=O) groups is 1. The number of hydrogen-bond donors (Lipinski definition) is 2. The maximum atomic E-state index is 11.8. The molecule has 0 bridgehead atoms. The SMILES string of the molecule is Cc1cccnc1NC(=O)c1cccc(N)n1. The van der Waals surface area contributed by atoms with Gasteiger partial charge in [-0.1, -0.05) is 12.1 Å². The fourth-order valence-corrected chi connectivity index (χ4v) is 1.37. The summed E-state index contributed by atoms with van der Waals surface area (Å²) in [4.78, 5) is 19.9. The van der Waals surface area contributed by atoms with Crippen LogP contribution in [0.4, 0.5) is 11.6 Å². The van der Waals surface area contributed by atoms with Gasteiger partial charge in [0.2, 0.25) is 0 Å². The lowest BCUT2D eigenvalue weighted by atomic mass is 10.2. The van der Waals surface area contributed by atoms with Crippen LogP contribution in [0.1, 0.15) is 16.1 Å². The number of nitrogens with zero attached hydrogens (tertiary/aromatic N) is 2. The van der Waals surface area contributed by atoms with Gasteiger partial charge in [0.1, 0.15) is 17.3 Å². The largest absolute Gasteiger partial charge is 0.384 e. The highest BCUT2D eigenvalue weighted by Gasteiger charge is 2.09. The fourth-order valence-electron chi connectivity index (χ4n) is 1.37. The second-order valence-electron chi connectivity index (χ2n) is 3.57. The smallest absolute Gasteiger partial charge is 0.275 e. The van der Waals surface area contributed by atoms with E-state index >= 15 is 0 Å². The Labute approximate surface area is 98.7 Å². The lowest BCUT2D eigenvalue weighted by Crippen LogP contribution is -2.15. The zero-order valence-electron chi connectivity index (χ0n) is 9.34. The zero-order chi connectivity index (χ0) is 12.3. The van der Waals surface area contributed by atoms with Gasteiger partial charge in [0.25, 0.3) is 5.91 Å². The standard InChI is InChI=1S/C12H12N4O/c1-8-4-3-7-14-11(8)16-12(17)9-5-2-6-10(13)15-9/h2-7H,1H3,(H2,13,15)(H,14,16,17). The average molecular weight is 228 g/mol. The molecule has 3 N–H and O–H groups in total. The van der Waals surface area contributed by atoms with E-state index < -0.39 is 0 Å². The normalized spacial score (nSPS) is 9.94. The summed E-state index contributed by atoms with van der Waals surface area (Å²) >= 11 is 0. The summed E-state index contributed by atoms with van der Waals surface area (Å²) in [5.74, 6) is 0.524. The van der Waals surface area contributed by atoms with E-state index in [9.17, 15) is 4.79 Å². The Balaban J connectivity index is 2.20. The Morgan fingerprint density at radius 1 is 1.29 bits per heavy atom. The molecule has 2 aromatic heterocycles. The monoisotopic (exact) mass is 228 g/mol. The number of nitrogen functional groups attached to an aromatic ring is 1. The molecule has 0 atom stereocenters. The van der Waals surface area contributed by atoms with Crippen molar-refractivity contribution in [1.82, 2.24) is 9.97 Å². The molecule has 0 unspecified atom stereocenters. The minimum atomic E-state index is -0.320. The third kappa shape index (κ3) is 2.57. The van der Waals surface area contributed by atoms with E-state index in [0.717, 1.165) is 5.56 Å². The minimum absolute atomic E-state index is 0.273. The highest BCUT2D eigenvalue weighted by molar-refractivity contribution is 6.02. The van der Waals surface area contributed by atoms with E-state index in [1.807, 2.05) is 19.1 Å². The second-order valence-corrected chi connectivity index (χ2v) is 3.57. The first-order chi connectivity index (χ1) is 8.16. The van der Waals surface area contributed by atoms with Crippen LogP contribution in [0.2, 0.25) is 0 Å². The topological polar surface area (TPSA) is 80.9 Å². The molecule has 5 nitrogen and oxygen atoms in total. The van der Waals surface area contributed by atoms with E-state index in [1.165, 1.54) is 0 Å². The van der Waals surface area contributed by atoms with Crippen LogP contribution in [0, 0.1) is 6.92 Å². The Bertz CT molecular complexity index is 554. The molecule has 86 valence electrons. The van der Waals surface area contributed by atoms with E-state index in [1.54, 1.807) is 24.4 Å². The summed E-state index contributed by atoms with van der Waals surface area (Å²) in [5, 5.41) is 2.69. The minimum Gasteiger partial charge on any atom is -0.384 e. The van der Waals surface area contributed by atoms with Gasteiger partial charge < -0.3 is 11.1 Å². The van der Waals surface area contributed by atoms with Crippen molar-refractivity contribution in [1.29, 1.82) is 0 Å². The lowest BCUT2D eigenvalue weighted by Gasteiger charge is -2.06. The first-order valence-corrected chi connectivity index (χ1v) is 5.12. The number of carbonyl (C=O) groups excluding carboxylic acids is 1. The van der Waals surface area contributed by atoms with Crippen molar-refractivity contribution in [2.24, 2.45) is 0 Å². The van der Waals surface area contributed by atoms with Gasteiger partial charge in [-0.05, 0) is 30.7 Å². The van der Waals surface area contributed by atoms with Crippen LogP contribution in [-0.4, -0.2) is 15.9 Å². The van der Waals surface area contributed by atoms with Gasteiger partial charge in [-0.3, -0.25) is 4.79 Å². The third-order valence-electron chi connectivity index (χ3n) is 2.24. The Kier molecular flexibility index (Phi) is 3.00. The van der Waals surface area contributed by atoms with Crippen molar-refractivity contribution in [2.45, 2.75) is 6.92 Å². The van der Waals surface area contributed by atoms with Crippen LogP contribution in [0.15, 0.2) is 36.5 Å². The zero-order valence-corrected chi connectivity index (χ0v) is 9.34. The number of aromatic nitrogens is 2. The second kappa shape index (κ2) is 4.61. The van der Waals surface area contributed by atoms with Crippen LogP contribution in [0.3, 0.4) is 0 Å². The van der Waals surface area contributed by atoms with E-state index in [2.05, 4.69) is 15.3 Å². The molecule has 0 fully saturated rings. The number of amides is 1. The number of rotatable bonds is 2. The quantitative estimate of drug-likeness (QED) is 0.818. The van der Waals surface area contributed by atoms with Gasteiger partial charge in [0.05, 0.1) is 0 Å². The number of aryl methyl sites for hydroxylation is 1. The maximum absolute atomic E-state index is 11.8. The van der Waals surface area contributed by atoms with Crippen LogP contribution in [0.25, 0.3) is 0 Å². The van der Waals surface area contributed by atoms with Gasteiger partial charge in [0.15, 0.2) is 0 Å². The predicted molar refractivity (Wildman–Crippen MR) is 65.6 cm³/mol. The molecule has 0 aliphatic rings. The van der Waals surface area contributed by atoms with Crippen molar-refractivity contribution >= 4 is 17.5 Å².